The third-order valence-corrected chi connectivity index (χ3v) is 2.62. The number of aromatic nitrogens is 2. The van der Waals surface area contributed by atoms with Gasteiger partial charge in [-0.3, -0.25) is 0 Å². The summed E-state index contributed by atoms with van der Waals surface area (Å²) in [4.78, 5) is 7.98. The first-order valence-electron chi connectivity index (χ1n) is 6.21. The van der Waals surface area contributed by atoms with E-state index >= 15 is 0 Å². The van der Waals surface area contributed by atoms with Gasteiger partial charge in [-0.25, -0.2) is 0 Å². The maximum atomic E-state index is 5.92. The number of anilines is 1. The first-order chi connectivity index (χ1) is 9.65. The van der Waals surface area contributed by atoms with Crippen LogP contribution in [0.1, 0.15) is 12.5 Å². The Bertz CT molecular complexity index is 602. The average Bonchev–Trinajstić information content (AvgIpc) is 2.45. The summed E-state index contributed by atoms with van der Waals surface area (Å²) in [7, 11) is 1.58. The molecule has 0 atom stereocenters. The summed E-state index contributed by atoms with van der Waals surface area (Å²) >= 11 is 0. The van der Waals surface area contributed by atoms with Crippen LogP contribution in [0.3, 0.4) is 0 Å². The zero-order valence-electron chi connectivity index (χ0n) is 11.7. The van der Waals surface area contributed by atoms with Crippen molar-refractivity contribution in [1.29, 1.82) is 0 Å². The molecule has 106 valence electrons. The number of methoxy groups -OCH3 is 1. The van der Waals surface area contributed by atoms with Gasteiger partial charge < -0.3 is 19.9 Å². The second kappa shape index (κ2) is 6.10. The Morgan fingerprint density at radius 1 is 1.15 bits per heavy atom. The van der Waals surface area contributed by atoms with E-state index in [2.05, 4.69) is 9.97 Å². The first kappa shape index (κ1) is 13.9. The number of nitrogen functional groups attached to an aromatic ring is 1. The van der Waals surface area contributed by atoms with Crippen LogP contribution >= 0.6 is 0 Å². The molecule has 0 unspecified atom stereocenters. The van der Waals surface area contributed by atoms with Gasteiger partial charge in [-0.05, 0) is 31.5 Å². The molecule has 0 aliphatic heterocycles. The van der Waals surface area contributed by atoms with E-state index in [-0.39, 0.29) is 11.6 Å². The third-order valence-electron chi connectivity index (χ3n) is 2.62. The summed E-state index contributed by atoms with van der Waals surface area (Å²) in [6.07, 6.45) is 1.34. The largest absolute Gasteiger partial charge is 0.493 e. The lowest BCUT2D eigenvalue weighted by atomic mass is 10.2. The molecule has 0 amide bonds. The Morgan fingerprint density at radius 3 is 2.60 bits per heavy atom. The van der Waals surface area contributed by atoms with Crippen LogP contribution in [0, 0.1) is 6.92 Å². The lowest BCUT2D eigenvalue weighted by Gasteiger charge is -2.12. The van der Waals surface area contributed by atoms with Crippen molar-refractivity contribution in [2.45, 2.75) is 13.8 Å². The topological polar surface area (TPSA) is 79.5 Å². The number of ether oxygens (including phenoxy) is 3. The van der Waals surface area contributed by atoms with E-state index in [4.69, 9.17) is 19.9 Å². The molecule has 2 rings (SSSR count). The van der Waals surface area contributed by atoms with Gasteiger partial charge in [-0.2, -0.15) is 9.97 Å². The summed E-state index contributed by atoms with van der Waals surface area (Å²) in [5.41, 5.74) is 7.25. The predicted octanol–water partition coefficient (Wildman–Crippen LogP) is 2.57. The summed E-state index contributed by atoms with van der Waals surface area (Å²) in [5, 5.41) is 0. The maximum absolute atomic E-state index is 5.92. The van der Waals surface area contributed by atoms with Gasteiger partial charge in [0.15, 0.2) is 17.2 Å². The van der Waals surface area contributed by atoms with Crippen molar-refractivity contribution in [3.8, 4) is 23.3 Å². The zero-order chi connectivity index (χ0) is 14.5. The first-order valence-corrected chi connectivity index (χ1v) is 6.21. The van der Waals surface area contributed by atoms with E-state index in [1.54, 1.807) is 13.2 Å². The number of benzene rings is 1. The molecule has 0 radical (unpaired) electrons. The summed E-state index contributed by atoms with van der Waals surface area (Å²) in [6, 6.07) is 5.59. The Hall–Kier alpha value is -2.50. The fraction of sp³-hybridized carbons (Fsp3) is 0.286. The number of hydrogen-bond acceptors (Lipinski definition) is 6. The standard InChI is InChI=1S/C14H17N3O3/c1-4-19-13-12(15)14(17-8-16-13)20-10-6-5-9(2)7-11(10)18-3/h5-8H,4,15H2,1-3H3. The van der Waals surface area contributed by atoms with Crippen LogP contribution in [0.4, 0.5) is 5.69 Å². The molecule has 0 saturated carbocycles. The van der Waals surface area contributed by atoms with Crippen molar-refractivity contribution in [2.24, 2.45) is 0 Å². The Balaban J connectivity index is 2.33. The van der Waals surface area contributed by atoms with Gasteiger partial charge >= 0.3 is 0 Å². The van der Waals surface area contributed by atoms with Crippen LogP contribution < -0.4 is 19.9 Å². The smallest absolute Gasteiger partial charge is 0.250 e. The number of hydrogen-bond donors (Lipinski definition) is 1. The maximum Gasteiger partial charge on any atom is 0.250 e. The van der Waals surface area contributed by atoms with E-state index in [9.17, 15) is 0 Å². The summed E-state index contributed by atoms with van der Waals surface area (Å²) in [6.45, 7) is 4.29. The lowest BCUT2D eigenvalue weighted by molar-refractivity contribution is 0.324. The highest BCUT2D eigenvalue weighted by Gasteiger charge is 2.13. The molecule has 0 aliphatic rings. The van der Waals surface area contributed by atoms with Crippen LogP contribution in [0.2, 0.25) is 0 Å². The van der Waals surface area contributed by atoms with Gasteiger partial charge in [0.05, 0.1) is 13.7 Å². The van der Waals surface area contributed by atoms with Crippen molar-refractivity contribution in [3.63, 3.8) is 0 Å². The number of nitrogens with zero attached hydrogens (tertiary/aromatic N) is 2. The molecule has 0 aliphatic carbocycles. The third kappa shape index (κ3) is 2.90. The Morgan fingerprint density at radius 2 is 1.90 bits per heavy atom. The lowest BCUT2D eigenvalue weighted by Crippen LogP contribution is -2.03. The van der Waals surface area contributed by atoms with Crippen LogP contribution in [0.25, 0.3) is 0 Å². The van der Waals surface area contributed by atoms with Gasteiger partial charge in [0.25, 0.3) is 0 Å². The number of rotatable bonds is 5. The number of nitrogens with two attached hydrogens (primary N) is 1. The molecular weight excluding hydrogens is 258 g/mol. The second-order valence-corrected chi connectivity index (χ2v) is 4.09. The molecule has 2 aromatic rings. The molecular formula is C14H17N3O3. The summed E-state index contributed by atoms with van der Waals surface area (Å²) in [5.74, 6) is 1.70. The van der Waals surface area contributed by atoms with E-state index in [1.807, 2.05) is 26.0 Å². The van der Waals surface area contributed by atoms with Crippen LogP contribution in [-0.4, -0.2) is 23.7 Å². The fourth-order valence-corrected chi connectivity index (χ4v) is 1.66. The Kier molecular flexibility index (Phi) is 4.24. The Labute approximate surface area is 117 Å². The highest BCUT2D eigenvalue weighted by Crippen LogP contribution is 2.35. The van der Waals surface area contributed by atoms with Gasteiger partial charge in [-0.15, -0.1) is 0 Å². The highest BCUT2D eigenvalue weighted by atomic mass is 16.5. The zero-order valence-corrected chi connectivity index (χ0v) is 11.7. The normalized spacial score (nSPS) is 10.2. The van der Waals surface area contributed by atoms with E-state index in [0.29, 0.717) is 24.0 Å². The van der Waals surface area contributed by atoms with Gasteiger partial charge in [0.2, 0.25) is 11.8 Å². The quantitative estimate of drug-likeness (QED) is 0.903. The van der Waals surface area contributed by atoms with Gasteiger partial charge in [-0.1, -0.05) is 6.07 Å². The van der Waals surface area contributed by atoms with Gasteiger partial charge in [0, 0.05) is 0 Å². The molecule has 6 nitrogen and oxygen atoms in total. The van der Waals surface area contributed by atoms with Gasteiger partial charge in [0.1, 0.15) is 6.33 Å². The van der Waals surface area contributed by atoms with Crippen molar-refractivity contribution in [2.75, 3.05) is 19.5 Å². The molecule has 0 bridgehead atoms. The average molecular weight is 275 g/mol. The minimum Gasteiger partial charge on any atom is -0.493 e. The van der Waals surface area contributed by atoms with Crippen molar-refractivity contribution >= 4 is 5.69 Å². The van der Waals surface area contributed by atoms with E-state index < -0.39 is 0 Å². The second-order valence-electron chi connectivity index (χ2n) is 4.09. The molecule has 6 heteroatoms. The van der Waals surface area contributed by atoms with Crippen molar-refractivity contribution in [3.05, 3.63) is 30.1 Å². The minimum absolute atomic E-state index is 0.241. The molecule has 2 N–H and O–H groups in total. The minimum atomic E-state index is 0.241. The summed E-state index contributed by atoms with van der Waals surface area (Å²) < 4.78 is 16.3. The molecule has 0 saturated heterocycles. The van der Waals surface area contributed by atoms with E-state index in [0.717, 1.165) is 5.56 Å². The monoisotopic (exact) mass is 275 g/mol. The van der Waals surface area contributed by atoms with Crippen molar-refractivity contribution in [1.82, 2.24) is 9.97 Å². The molecule has 1 aromatic heterocycles. The highest BCUT2D eigenvalue weighted by molar-refractivity contribution is 5.57. The van der Waals surface area contributed by atoms with Crippen LogP contribution in [0.5, 0.6) is 23.3 Å². The molecule has 20 heavy (non-hydrogen) atoms. The number of aryl methyl sites for hydroxylation is 1. The molecule has 1 aromatic carbocycles. The molecule has 1 heterocycles. The fourth-order valence-electron chi connectivity index (χ4n) is 1.66. The van der Waals surface area contributed by atoms with E-state index in [1.165, 1.54) is 6.33 Å². The van der Waals surface area contributed by atoms with Crippen molar-refractivity contribution < 1.29 is 14.2 Å². The van der Waals surface area contributed by atoms with Crippen LogP contribution in [0.15, 0.2) is 24.5 Å². The SMILES string of the molecule is CCOc1ncnc(Oc2ccc(C)cc2OC)c1N. The molecule has 0 spiro atoms. The van der Waals surface area contributed by atoms with Crippen LogP contribution in [-0.2, 0) is 0 Å². The molecule has 0 fully saturated rings. The predicted molar refractivity (Wildman–Crippen MR) is 75.4 cm³/mol.